The molecule has 1 nitrogen and oxygen atoms in total. The highest BCUT2D eigenvalue weighted by atomic mass is 35.5. The molecule has 0 aliphatic carbocycles. The average molecular weight is 314 g/mol. The van der Waals surface area contributed by atoms with Crippen molar-refractivity contribution in [3.63, 3.8) is 0 Å². The molecule has 0 aliphatic heterocycles. The molecule has 0 N–H and O–H groups in total. The lowest BCUT2D eigenvalue weighted by Gasteiger charge is -2.12. The van der Waals surface area contributed by atoms with Gasteiger partial charge in [-0.3, -0.25) is 0 Å². The molecule has 1 aromatic carbocycles. The normalized spacial score (nSPS) is 12.6. The van der Waals surface area contributed by atoms with E-state index in [0.717, 1.165) is 23.6 Å². The molecule has 2 rings (SSSR count). The van der Waals surface area contributed by atoms with Crippen molar-refractivity contribution in [2.75, 3.05) is 5.88 Å². The number of aryl methyl sites for hydroxylation is 2. The summed E-state index contributed by atoms with van der Waals surface area (Å²) in [5.41, 5.74) is 2.37. The van der Waals surface area contributed by atoms with Crippen LogP contribution in [0.15, 0.2) is 24.3 Å². The molecule has 1 unspecified atom stereocenters. The lowest BCUT2D eigenvalue weighted by atomic mass is 9.98. The number of hydrogen-bond donors (Lipinski definition) is 0. The van der Waals surface area contributed by atoms with Gasteiger partial charge in [0.1, 0.15) is 0 Å². The Bertz CT molecular complexity index is 531. The van der Waals surface area contributed by atoms with Gasteiger partial charge in [-0.05, 0) is 43.9 Å². The Labute approximate surface area is 128 Å². The molecule has 0 saturated carbocycles. The van der Waals surface area contributed by atoms with Crippen LogP contribution >= 0.6 is 34.5 Å². The highest BCUT2D eigenvalue weighted by Crippen LogP contribution is 2.23. The Morgan fingerprint density at radius 1 is 1.26 bits per heavy atom. The minimum atomic E-state index is 0.407. The van der Waals surface area contributed by atoms with Crippen LogP contribution in [0.2, 0.25) is 5.02 Å². The van der Waals surface area contributed by atoms with Crippen molar-refractivity contribution in [3.8, 4) is 0 Å². The van der Waals surface area contributed by atoms with Crippen LogP contribution in [0.1, 0.15) is 21.1 Å². The van der Waals surface area contributed by atoms with Crippen molar-refractivity contribution in [1.82, 2.24) is 4.98 Å². The molecular weight excluding hydrogens is 297 g/mol. The van der Waals surface area contributed by atoms with Gasteiger partial charge >= 0.3 is 0 Å². The summed E-state index contributed by atoms with van der Waals surface area (Å²) in [6.07, 6.45) is 1.89. The van der Waals surface area contributed by atoms with Crippen molar-refractivity contribution in [2.45, 2.75) is 26.7 Å². The Balaban J connectivity index is 2.04. The van der Waals surface area contributed by atoms with Gasteiger partial charge in [-0.25, -0.2) is 4.98 Å². The second-order valence-corrected chi connectivity index (χ2v) is 6.84. The Kier molecular flexibility index (Phi) is 5.26. The van der Waals surface area contributed by atoms with Crippen LogP contribution in [0.4, 0.5) is 0 Å². The number of alkyl halides is 1. The lowest BCUT2D eigenvalue weighted by molar-refractivity contribution is 0.581. The zero-order valence-corrected chi connectivity index (χ0v) is 13.4. The molecule has 4 heteroatoms. The first-order valence-electron chi connectivity index (χ1n) is 6.31. The van der Waals surface area contributed by atoms with Gasteiger partial charge in [0.25, 0.3) is 0 Å². The van der Waals surface area contributed by atoms with Crippen molar-refractivity contribution in [3.05, 3.63) is 50.4 Å². The first-order valence-corrected chi connectivity index (χ1v) is 8.04. The molecular formula is C15H17Cl2NS. The minimum absolute atomic E-state index is 0.407. The maximum Gasteiger partial charge on any atom is 0.0934 e. The molecule has 0 saturated heterocycles. The molecule has 0 aliphatic rings. The van der Waals surface area contributed by atoms with Crippen LogP contribution in [0.25, 0.3) is 0 Å². The molecule has 1 aromatic heterocycles. The quantitative estimate of drug-likeness (QED) is 0.703. The summed E-state index contributed by atoms with van der Waals surface area (Å²) in [6, 6.07) is 8.00. The Morgan fingerprint density at radius 3 is 2.63 bits per heavy atom. The van der Waals surface area contributed by atoms with Gasteiger partial charge in [-0.1, -0.05) is 23.7 Å². The van der Waals surface area contributed by atoms with E-state index in [2.05, 4.69) is 24.9 Å². The molecule has 1 atom stereocenters. The van der Waals surface area contributed by atoms with Crippen molar-refractivity contribution < 1.29 is 0 Å². The van der Waals surface area contributed by atoms with E-state index in [4.69, 9.17) is 23.2 Å². The van der Waals surface area contributed by atoms with Gasteiger partial charge < -0.3 is 0 Å². The molecule has 0 spiro atoms. The van der Waals surface area contributed by atoms with Crippen molar-refractivity contribution in [2.24, 2.45) is 5.92 Å². The van der Waals surface area contributed by atoms with Crippen LogP contribution in [-0.2, 0) is 12.8 Å². The first-order chi connectivity index (χ1) is 9.08. The highest BCUT2D eigenvalue weighted by molar-refractivity contribution is 7.11. The highest BCUT2D eigenvalue weighted by Gasteiger charge is 2.13. The second kappa shape index (κ2) is 6.74. The van der Waals surface area contributed by atoms with Crippen molar-refractivity contribution >= 4 is 34.5 Å². The number of aromatic nitrogens is 1. The molecule has 2 aromatic rings. The molecule has 0 fully saturated rings. The van der Waals surface area contributed by atoms with Crippen LogP contribution < -0.4 is 0 Å². The van der Waals surface area contributed by atoms with Crippen LogP contribution in [-0.4, -0.2) is 10.9 Å². The SMILES string of the molecule is Cc1nc(CC(CCl)Cc2cccc(Cl)c2)sc1C. The minimum Gasteiger partial charge on any atom is -0.246 e. The van der Waals surface area contributed by atoms with Gasteiger partial charge in [0.05, 0.1) is 10.7 Å². The summed E-state index contributed by atoms with van der Waals surface area (Å²) in [7, 11) is 0. The summed E-state index contributed by atoms with van der Waals surface area (Å²) < 4.78 is 0. The van der Waals surface area contributed by atoms with E-state index in [-0.39, 0.29) is 0 Å². The van der Waals surface area contributed by atoms with Gasteiger partial charge in [-0.2, -0.15) is 0 Å². The number of rotatable bonds is 5. The van der Waals surface area contributed by atoms with Gasteiger partial charge in [0, 0.05) is 22.2 Å². The lowest BCUT2D eigenvalue weighted by Crippen LogP contribution is -2.10. The monoisotopic (exact) mass is 313 g/mol. The summed E-state index contributed by atoms with van der Waals surface area (Å²) in [6.45, 7) is 4.17. The van der Waals surface area contributed by atoms with E-state index in [9.17, 15) is 0 Å². The summed E-state index contributed by atoms with van der Waals surface area (Å²) >= 11 is 13.9. The van der Waals surface area contributed by atoms with E-state index in [1.165, 1.54) is 15.4 Å². The molecule has 0 amide bonds. The third-order valence-corrected chi connectivity index (χ3v) is 4.93. The zero-order chi connectivity index (χ0) is 13.8. The molecule has 0 bridgehead atoms. The average Bonchev–Trinajstić information content (AvgIpc) is 2.67. The molecule has 0 radical (unpaired) electrons. The van der Waals surface area contributed by atoms with Crippen molar-refractivity contribution in [1.29, 1.82) is 0 Å². The number of thiazole rings is 1. The number of benzene rings is 1. The van der Waals surface area contributed by atoms with E-state index < -0.39 is 0 Å². The van der Waals surface area contributed by atoms with Crippen LogP contribution in [0.3, 0.4) is 0 Å². The standard InChI is InChI=1S/C15H17Cl2NS/c1-10-11(2)19-15(18-10)8-13(9-16)6-12-4-3-5-14(17)7-12/h3-5,7,13H,6,8-9H2,1-2H3. The molecule has 102 valence electrons. The van der Waals surface area contributed by atoms with Gasteiger partial charge in [0.2, 0.25) is 0 Å². The molecule has 1 heterocycles. The summed E-state index contributed by atoms with van der Waals surface area (Å²) in [4.78, 5) is 5.89. The second-order valence-electron chi connectivity index (χ2n) is 4.81. The Hall–Kier alpha value is -0.570. The fourth-order valence-electron chi connectivity index (χ4n) is 2.05. The number of hydrogen-bond acceptors (Lipinski definition) is 2. The largest absolute Gasteiger partial charge is 0.246 e. The van der Waals surface area contributed by atoms with E-state index in [0.29, 0.717) is 11.8 Å². The maximum atomic E-state index is 6.10. The summed E-state index contributed by atoms with van der Waals surface area (Å²) in [5.74, 6) is 1.05. The predicted octanol–water partition coefficient (Wildman–Crippen LogP) is 5.05. The van der Waals surface area contributed by atoms with Gasteiger partial charge in [-0.15, -0.1) is 22.9 Å². The maximum absolute atomic E-state index is 6.10. The third-order valence-electron chi connectivity index (χ3n) is 3.17. The smallest absolute Gasteiger partial charge is 0.0934 e. The van der Waals surface area contributed by atoms with Crippen LogP contribution in [0, 0.1) is 19.8 Å². The predicted molar refractivity (Wildman–Crippen MR) is 84.7 cm³/mol. The van der Waals surface area contributed by atoms with E-state index in [1.54, 1.807) is 11.3 Å². The summed E-state index contributed by atoms with van der Waals surface area (Å²) in [5, 5.41) is 1.97. The fraction of sp³-hybridized carbons (Fsp3) is 0.400. The Morgan fingerprint density at radius 2 is 2.05 bits per heavy atom. The third kappa shape index (κ3) is 4.20. The van der Waals surface area contributed by atoms with E-state index in [1.807, 2.05) is 18.2 Å². The van der Waals surface area contributed by atoms with Gasteiger partial charge in [0.15, 0.2) is 0 Å². The van der Waals surface area contributed by atoms with Crippen LogP contribution in [0.5, 0.6) is 0 Å². The first kappa shape index (κ1) is 14.8. The fourth-order valence-corrected chi connectivity index (χ4v) is 3.53. The topological polar surface area (TPSA) is 12.9 Å². The molecule has 19 heavy (non-hydrogen) atoms. The number of halogens is 2. The zero-order valence-electron chi connectivity index (χ0n) is 11.1. The number of nitrogens with zero attached hydrogens (tertiary/aromatic N) is 1. The van der Waals surface area contributed by atoms with E-state index >= 15 is 0 Å².